The number of halogens is 1. The monoisotopic (exact) mass is 333 g/mol. The van der Waals surface area contributed by atoms with Gasteiger partial charge < -0.3 is 14.7 Å². The van der Waals surface area contributed by atoms with E-state index in [-0.39, 0.29) is 24.7 Å². The molecule has 0 aromatic carbocycles. The zero-order valence-electron chi connectivity index (χ0n) is 10.1. The summed E-state index contributed by atoms with van der Waals surface area (Å²) >= 11 is 3.09. The maximum atomic E-state index is 11.0. The van der Waals surface area contributed by atoms with E-state index in [4.69, 9.17) is 9.84 Å². The van der Waals surface area contributed by atoms with Crippen LogP contribution >= 0.6 is 15.9 Å². The van der Waals surface area contributed by atoms with E-state index in [9.17, 15) is 14.9 Å². The molecule has 1 heterocycles. The second-order valence-electron chi connectivity index (χ2n) is 3.56. The summed E-state index contributed by atoms with van der Waals surface area (Å²) in [6.45, 7) is 0.0410. The van der Waals surface area contributed by atoms with Gasteiger partial charge in [-0.25, -0.2) is 4.98 Å². The zero-order valence-corrected chi connectivity index (χ0v) is 11.7. The highest BCUT2D eigenvalue weighted by Crippen LogP contribution is 2.28. The number of anilines is 1. The molecule has 0 saturated heterocycles. The van der Waals surface area contributed by atoms with Gasteiger partial charge >= 0.3 is 11.7 Å². The maximum Gasteiger partial charge on any atom is 0.323 e. The Kier molecular flexibility index (Phi) is 5.64. The molecule has 0 saturated carbocycles. The number of rotatable bonds is 7. The van der Waals surface area contributed by atoms with Gasteiger partial charge in [0.2, 0.25) is 5.82 Å². The van der Waals surface area contributed by atoms with Crippen molar-refractivity contribution < 1.29 is 19.6 Å². The summed E-state index contributed by atoms with van der Waals surface area (Å²) in [6, 6.07) is 1.28. The number of aromatic nitrogens is 1. The number of carboxylic acid groups (broad SMARTS) is 1. The minimum Gasteiger partial charge on any atom is -0.480 e. The van der Waals surface area contributed by atoms with Crippen LogP contribution in [0.1, 0.15) is 0 Å². The predicted octanol–water partition coefficient (Wildman–Crippen LogP) is 1.29. The Balaban J connectivity index is 3.12. The number of ether oxygens (including phenoxy) is 1. The average Bonchev–Trinajstić information content (AvgIpc) is 2.34. The third-order valence-electron chi connectivity index (χ3n) is 2.20. The fraction of sp³-hybridized carbons (Fsp3) is 0.400. The smallest absolute Gasteiger partial charge is 0.323 e. The molecular formula is C10H12BrN3O5. The Morgan fingerprint density at radius 2 is 2.37 bits per heavy atom. The molecule has 1 rings (SSSR count). The molecule has 8 nitrogen and oxygen atoms in total. The highest BCUT2D eigenvalue weighted by atomic mass is 79.9. The molecule has 1 aromatic rings. The van der Waals surface area contributed by atoms with E-state index in [0.717, 1.165) is 0 Å². The molecular weight excluding hydrogens is 322 g/mol. The van der Waals surface area contributed by atoms with Gasteiger partial charge in [0, 0.05) is 30.4 Å². The molecule has 0 aliphatic heterocycles. The number of hydrogen-bond acceptors (Lipinski definition) is 6. The second kappa shape index (κ2) is 7.00. The summed E-state index contributed by atoms with van der Waals surface area (Å²) in [6.07, 6.45) is 1.38. The number of nitro groups is 1. The molecule has 0 amide bonds. The Bertz CT molecular complexity index is 482. The molecule has 0 unspecified atom stereocenters. The van der Waals surface area contributed by atoms with Crippen LogP contribution in [0.3, 0.4) is 0 Å². The average molecular weight is 334 g/mol. The van der Waals surface area contributed by atoms with Crippen LogP contribution in [0.4, 0.5) is 11.5 Å². The van der Waals surface area contributed by atoms with Crippen molar-refractivity contribution >= 4 is 33.4 Å². The third kappa shape index (κ3) is 4.45. The van der Waals surface area contributed by atoms with Crippen LogP contribution in [0, 0.1) is 10.1 Å². The normalized spacial score (nSPS) is 10.2. The number of aliphatic carboxylic acids is 1. The van der Waals surface area contributed by atoms with Gasteiger partial charge in [-0.3, -0.25) is 14.9 Å². The van der Waals surface area contributed by atoms with Gasteiger partial charge in [0.15, 0.2) is 0 Å². The van der Waals surface area contributed by atoms with Gasteiger partial charge in [0.05, 0.1) is 11.5 Å². The molecule has 0 aliphatic rings. The summed E-state index contributed by atoms with van der Waals surface area (Å²) in [4.78, 5) is 26.4. The number of hydrogen-bond donors (Lipinski definition) is 1. The largest absolute Gasteiger partial charge is 0.480 e. The Labute approximate surface area is 117 Å². The van der Waals surface area contributed by atoms with Gasteiger partial charge in [0.1, 0.15) is 6.54 Å². The quantitative estimate of drug-likeness (QED) is 0.591. The van der Waals surface area contributed by atoms with E-state index >= 15 is 0 Å². The van der Waals surface area contributed by atoms with E-state index in [1.165, 1.54) is 24.3 Å². The first kappa shape index (κ1) is 15.3. The predicted molar refractivity (Wildman–Crippen MR) is 70.3 cm³/mol. The Morgan fingerprint density at radius 1 is 1.68 bits per heavy atom. The SMILES string of the molecule is COCCN(CC(=O)O)c1ncc(Br)cc1[N+](=O)[O-]. The van der Waals surface area contributed by atoms with Crippen molar-refractivity contribution in [2.24, 2.45) is 0 Å². The van der Waals surface area contributed by atoms with Crippen molar-refractivity contribution in [3.8, 4) is 0 Å². The molecule has 1 N–H and O–H groups in total. The topological polar surface area (TPSA) is 106 Å². The van der Waals surface area contributed by atoms with Crippen LogP contribution in [0.15, 0.2) is 16.7 Å². The van der Waals surface area contributed by atoms with Crippen LogP contribution in [0.2, 0.25) is 0 Å². The lowest BCUT2D eigenvalue weighted by Crippen LogP contribution is -2.33. The van der Waals surface area contributed by atoms with Crippen LogP contribution in [0.5, 0.6) is 0 Å². The first-order valence-electron chi connectivity index (χ1n) is 5.21. The second-order valence-corrected chi connectivity index (χ2v) is 4.48. The molecule has 0 bridgehead atoms. The van der Waals surface area contributed by atoms with Crippen LogP contribution in [0.25, 0.3) is 0 Å². The first-order valence-corrected chi connectivity index (χ1v) is 6.00. The molecule has 0 aliphatic carbocycles. The summed E-state index contributed by atoms with van der Waals surface area (Å²) < 4.78 is 5.31. The number of carbonyl (C=O) groups is 1. The number of carboxylic acids is 1. The third-order valence-corrected chi connectivity index (χ3v) is 2.64. The number of pyridine rings is 1. The highest BCUT2D eigenvalue weighted by Gasteiger charge is 2.23. The highest BCUT2D eigenvalue weighted by molar-refractivity contribution is 9.10. The van der Waals surface area contributed by atoms with Crippen molar-refractivity contribution in [3.63, 3.8) is 0 Å². The fourth-order valence-corrected chi connectivity index (χ4v) is 1.74. The van der Waals surface area contributed by atoms with Crippen LogP contribution < -0.4 is 4.90 Å². The Morgan fingerprint density at radius 3 is 2.89 bits per heavy atom. The van der Waals surface area contributed by atoms with Gasteiger partial charge in [-0.2, -0.15) is 0 Å². The van der Waals surface area contributed by atoms with Crippen LogP contribution in [-0.2, 0) is 9.53 Å². The fourth-order valence-electron chi connectivity index (χ4n) is 1.42. The van der Waals surface area contributed by atoms with E-state index in [0.29, 0.717) is 4.47 Å². The summed E-state index contributed by atoms with van der Waals surface area (Å²) in [7, 11) is 1.46. The van der Waals surface area contributed by atoms with Gasteiger partial charge in [-0.15, -0.1) is 0 Å². The molecule has 1 aromatic heterocycles. The number of methoxy groups -OCH3 is 1. The van der Waals surface area contributed by atoms with E-state index in [1.54, 1.807) is 0 Å². The minimum atomic E-state index is -1.10. The first-order chi connectivity index (χ1) is 8.95. The van der Waals surface area contributed by atoms with Gasteiger partial charge in [0.25, 0.3) is 0 Å². The van der Waals surface area contributed by atoms with Crippen molar-refractivity contribution in [2.75, 3.05) is 31.7 Å². The lowest BCUT2D eigenvalue weighted by molar-refractivity contribution is -0.384. The van der Waals surface area contributed by atoms with Crippen molar-refractivity contribution in [1.82, 2.24) is 4.98 Å². The molecule has 0 fully saturated rings. The van der Waals surface area contributed by atoms with E-state index < -0.39 is 17.4 Å². The van der Waals surface area contributed by atoms with Gasteiger partial charge in [-0.05, 0) is 15.9 Å². The molecule has 19 heavy (non-hydrogen) atoms. The maximum absolute atomic E-state index is 11.0. The molecule has 0 atom stereocenters. The standard InChI is InChI=1S/C10H12BrN3O5/c1-19-3-2-13(6-9(15)16)10-8(14(17)18)4-7(11)5-12-10/h4-5H,2-3,6H2,1H3,(H,15,16). The summed E-state index contributed by atoms with van der Waals surface area (Å²) in [5, 5.41) is 19.8. The van der Waals surface area contributed by atoms with Crippen LogP contribution in [-0.4, -0.2) is 47.8 Å². The lowest BCUT2D eigenvalue weighted by Gasteiger charge is -2.20. The van der Waals surface area contributed by atoms with Crippen molar-refractivity contribution in [2.45, 2.75) is 0 Å². The number of nitrogens with zero attached hydrogens (tertiary/aromatic N) is 3. The molecule has 9 heteroatoms. The van der Waals surface area contributed by atoms with E-state index in [1.807, 2.05) is 0 Å². The van der Waals surface area contributed by atoms with E-state index in [2.05, 4.69) is 20.9 Å². The summed E-state index contributed by atoms with van der Waals surface area (Å²) in [5.74, 6) is -1.09. The minimum absolute atomic E-state index is 0.00708. The lowest BCUT2D eigenvalue weighted by atomic mass is 10.3. The van der Waals surface area contributed by atoms with Crippen molar-refractivity contribution in [1.29, 1.82) is 0 Å². The molecule has 104 valence electrons. The Hall–Kier alpha value is -1.74. The zero-order chi connectivity index (χ0) is 14.4. The molecule has 0 radical (unpaired) electrons. The summed E-state index contributed by atoms with van der Waals surface area (Å²) in [5.41, 5.74) is -0.258. The molecule has 0 spiro atoms. The van der Waals surface area contributed by atoms with Crippen molar-refractivity contribution in [3.05, 3.63) is 26.9 Å². The van der Waals surface area contributed by atoms with Gasteiger partial charge in [-0.1, -0.05) is 0 Å².